The Bertz CT molecular complexity index is 242. The van der Waals surface area contributed by atoms with E-state index in [1.54, 1.807) is 0 Å². The van der Waals surface area contributed by atoms with Crippen molar-refractivity contribution in [2.24, 2.45) is 11.8 Å². The second-order valence-electron chi connectivity index (χ2n) is 3.33. The minimum absolute atomic E-state index is 0.0288. The Kier molecular flexibility index (Phi) is 2.31. The zero-order chi connectivity index (χ0) is 9.30. The summed E-state index contributed by atoms with van der Waals surface area (Å²) < 4.78 is 0. The molecule has 0 unspecified atom stereocenters. The van der Waals surface area contributed by atoms with Crippen LogP contribution in [0.2, 0.25) is 0 Å². The number of rotatable bonds is 3. The number of carboxylic acids is 1. The van der Waals surface area contributed by atoms with Gasteiger partial charge in [0.25, 0.3) is 0 Å². The van der Waals surface area contributed by atoms with Crippen LogP contribution in [-0.4, -0.2) is 16.9 Å². The summed E-state index contributed by atoms with van der Waals surface area (Å²) in [5.41, 5.74) is 0.208. The van der Waals surface area contributed by atoms with Gasteiger partial charge in [-0.1, -0.05) is 13.5 Å². The van der Waals surface area contributed by atoms with E-state index in [4.69, 9.17) is 5.11 Å². The Labute approximate surface area is 71.1 Å². The molecule has 0 aromatic heterocycles. The maximum absolute atomic E-state index is 10.8. The molecule has 66 valence electrons. The Hall–Kier alpha value is -1.12. The van der Waals surface area contributed by atoms with Crippen molar-refractivity contribution in [3.8, 4) is 0 Å². The molecule has 1 aliphatic carbocycles. The van der Waals surface area contributed by atoms with Crippen LogP contribution in [0, 0.1) is 11.8 Å². The molecule has 3 heteroatoms. The highest BCUT2D eigenvalue weighted by Gasteiger charge is 2.36. The highest BCUT2D eigenvalue weighted by Crippen LogP contribution is 2.34. The fourth-order valence-corrected chi connectivity index (χ4v) is 1.38. The van der Waals surface area contributed by atoms with Gasteiger partial charge in [0, 0.05) is 17.9 Å². The van der Waals surface area contributed by atoms with Gasteiger partial charge in [-0.2, -0.15) is 0 Å². The van der Waals surface area contributed by atoms with E-state index in [2.05, 4.69) is 6.58 Å². The Morgan fingerprint density at radius 2 is 2.33 bits per heavy atom. The second-order valence-corrected chi connectivity index (χ2v) is 3.33. The molecular weight excluding hydrogens is 156 g/mol. The third kappa shape index (κ3) is 1.55. The largest absolute Gasteiger partial charge is 0.478 e. The SMILES string of the molecule is C=C(C[C@@H]1CC(=O)[C@@H]1C)C(=O)O. The fraction of sp³-hybridized carbons (Fsp3) is 0.556. The van der Waals surface area contributed by atoms with Crippen molar-refractivity contribution in [1.29, 1.82) is 0 Å². The molecule has 0 bridgehead atoms. The molecular formula is C9H12O3. The highest BCUT2D eigenvalue weighted by molar-refractivity contribution is 5.89. The molecule has 0 aromatic rings. The number of ketones is 1. The van der Waals surface area contributed by atoms with Gasteiger partial charge in [0.05, 0.1) is 0 Å². The highest BCUT2D eigenvalue weighted by atomic mass is 16.4. The molecule has 0 spiro atoms. The summed E-state index contributed by atoms with van der Waals surface area (Å²) in [6.45, 7) is 5.26. The van der Waals surface area contributed by atoms with Crippen LogP contribution < -0.4 is 0 Å². The van der Waals surface area contributed by atoms with E-state index in [0.717, 1.165) is 0 Å². The molecule has 1 aliphatic rings. The van der Waals surface area contributed by atoms with Gasteiger partial charge in [-0.25, -0.2) is 4.79 Å². The summed E-state index contributed by atoms with van der Waals surface area (Å²) in [6, 6.07) is 0. The molecule has 0 radical (unpaired) electrons. The first-order valence-corrected chi connectivity index (χ1v) is 3.96. The molecule has 12 heavy (non-hydrogen) atoms. The van der Waals surface area contributed by atoms with E-state index in [1.807, 2.05) is 6.92 Å². The van der Waals surface area contributed by atoms with Crippen molar-refractivity contribution in [3.05, 3.63) is 12.2 Å². The van der Waals surface area contributed by atoms with E-state index in [9.17, 15) is 9.59 Å². The minimum Gasteiger partial charge on any atom is -0.478 e. The zero-order valence-corrected chi connectivity index (χ0v) is 7.04. The van der Waals surface area contributed by atoms with Gasteiger partial charge >= 0.3 is 5.97 Å². The summed E-state index contributed by atoms with van der Waals surface area (Å²) in [5.74, 6) is -0.484. The molecule has 3 nitrogen and oxygen atoms in total. The summed E-state index contributed by atoms with van der Waals surface area (Å²) in [6.07, 6.45) is 0.968. The Morgan fingerprint density at radius 3 is 2.67 bits per heavy atom. The van der Waals surface area contributed by atoms with Gasteiger partial charge in [-0.05, 0) is 12.3 Å². The summed E-state index contributed by atoms with van der Waals surface area (Å²) >= 11 is 0. The third-order valence-corrected chi connectivity index (χ3v) is 2.49. The number of aliphatic carboxylic acids is 1. The monoisotopic (exact) mass is 168 g/mol. The quantitative estimate of drug-likeness (QED) is 0.645. The van der Waals surface area contributed by atoms with Crippen LogP contribution in [0.4, 0.5) is 0 Å². The normalized spacial score (nSPS) is 27.9. The van der Waals surface area contributed by atoms with E-state index in [0.29, 0.717) is 12.8 Å². The van der Waals surface area contributed by atoms with Crippen molar-refractivity contribution < 1.29 is 14.7 Å². The van der Waals surface area contributed by atoms with E-state index in [1.165, 1.54) is 0 Å². The maximum Gasteiger partial charge on any atom is 0.330 e. The van der Waals surface area contributed by atoms with Gasteiger partial charge in [-0.15, -0.1) is 0 Å². The predicted molar refractivity (Wildman–Crippen MR) is 43.7 cm³/mol. The lowest BCUT2D eigenvalue weighted by Gasteiger charge is -2.31. The fourth-order valence-electron chi connectivity index (χ4n) is 1.38. The molecule has 1 fully saturated rings. The van der Waals surface area contributed by atoms with Crippen LogP contribution in [0.1, 0.15) is 19.8 Å². The number of carbonyl (C=O) groups is 2. The van der Waals surface area contributed by atoms with Crippen molar-refractivity contribution in [2.75, 3.05) is 0 Å². The van der Waals surface area contributed by atoms with Gasteiger partial charge < -0.3 is 5.11 Å². The van der Waals surface area contributed by atoms with Gasteiger partial charge in [0.2, 0.25) is 0 Å². The van der Waals surface area contributed by atoms with Crippen LogP contribution in [-0.2, 0) is 9.59 Å². The molecule has 0 aliphatic heterocycles. The van der Waals surface area contributed by atoms with E-state index >= 15 is 0 Å². The van der Waals surface area contributed by atoms with Crippen LogP contribution in [0.3, 0.4) is 0 Å². The molecule has 0 amide bonds. The Morgan fingerprint density at radius 1 is 1.75 bits per heavy atom. The third-order valence-electron chi connectivity index (χ3n) is 2.49. The first kappa shape index (κ1) is 8.97. The van der Waals surface area contributed by atoms with Crippen LogP contribution in [0.15, 0.2) is 12.2 Å². The first-order valence-electron chi connectivity index (χ1n) is 3.96. The standard InChI is InChI=1S/C9H12O3/c1-5(9(11)12)3-7-4-8(10)6(7)2/h6-7H,1,3-4H2,2H3,(H,11,12)/t6-,7-/m1/s1. The average Bonchev–Trinajstić information content (AvgIpc) is 2.03. The molecule has 0 saturated heterocycles. The summed E-state index contributed by atoms with van der Waals surface area (Å²) in [5, 5.41) is 8.52. The molecule has 1 rings (SSSR count). The second kappa shape index (κ2) is 3.09. The predicted octanol–water partition coefficient (Wildman–Crippen LogP) is 1.24. The lowest BCUT2D eigenvalue weighted by molar-refractivity contribution is -0.136. The maximum atomic E-state index is 10.8. The van der Waals surface area contributed by atoms with Crippen molar-refractivity contribution >= 4 is 11.8 Å². The van der Waals surface area contributed by atoms with Crippen LogP contribution in [0.25, 0.3) is 0 Å². The van der Waals surface area contributed by atoms with Gasteiger partial charge in [-0.3, -0.25) is 4.79 Å². The van der Waals surface area contributed by atoms with Crippen LogP contribution >= 0.6 is 0 Å². The van der Waals surface area contributed by atoms with E-state index in [-0.39, 0.29) is 23.2 Å². The van der Waals surface area contributed by atoms with Gasteiger partial charge in [0.1, 0.15) is 5.78 Å². The Balaban J connectivity index is 2.39. The minimum atomic E-state index is -0.957. The first-order chi connectivity index (χ1) is 5.52. The number of carboxylic acid groups (broad SMARTS) is 1. The number of Topliss-reactive ketones (excluding diaryl/α,β-unsaturated/α-hetero) is 1. The van der Waals surface area contributed by atoms with Crippen molar-refractivity contribution in [2.45, 2.75) is 19.8 Å². The number of hydrogen-bond acceptors (Lipinski definition) is 2. The lowest BCUT2D eigenvalue weighted by atomic mass is 9.71. The lowest BCUT2D eigenvalue weighted by Crippen LogP contribution is -2.35. The average molecular weight is 168 g/mol. The smallest absolute Gasteiger partial charge is 0.330 e. The number of hydrogen-bond donors (Lipinski definition) is 1. The molecule has 2 atom stereocenters. The van der Waals surface area contributed by atoms with Gasteiger partial charge in [0.15, 0.2) is 0 Å². The molecule has 0 heterocycles. The summed E-state index contributed by atoms with van der Waals surface area (Å²) in [7, 11) is 0. The van der Waals surface area contributed by atoms with E-state index < -0.39 is 5.97 Å². The summed E-state index contributed by atoms with van der Waals surface area (Å²) in [4.78, 5) is 21.2. The molecule has 0 aromatic carbocycles. The molecule has 1 N–H and O–H groups in total. The van der Waals surface area contributed by atoms with Crippen LogP contribution in [0.5, 0.6) is 0 Å². The van der Waals surface area contributed by atoms with Crippen molar-refractivity contribution in [3.63, 3.8) is 0 Å². The molecule has 1 saturated carbocycles. The topological polar surface area (TPSA) is 54.4 Å². The number of carbonyl (C=O) groups excluding carboxylic acids is 1. The zero-order valence-electron chi connectivity index (χ0n) is 7.04. The van der Waals surface area contributed by atoms with Crippen molar-refractivity contribution in [1.82, 2.24) is 0 Å².